The van der Waals surface area contributed by atoms with E-state index in [1.165, 1.54) is 17.0 Å². The number of ether oxygens (including phenoxy) is 2. The van der Waals surface area contributed by atoms with Crippen LogP contribution in [0.25, 0.3) is 0 Å². The maximum atomic E-state index is 14.6. The number of methoxy groups -OCH3 is 1. The van der Waals surface area contributed by atoms with Crippen LogP contribution in [0.1, 0.15) is 40.1 Å². The Balaban J connectivity index is 1.63. The van der Waals surface area contributed by atoms with Crippen LogP contribution >= 0.6 is 0 Å². The Kier molecular flexibility index (Phi) is 9.73. The predicted octanol–water partition coefficient (Wildman–Crippen LogP) is 4.65. The van der Waals surface area contributed by atoms with Gasteiger partial charge in [-0.1, -0.05) is 49.4 Å². The van der Waals surface area contributed by atoms with Crippen LogP contribution in [0.2, 0.25) is 0 Å². The molecule has 0 saturated carbocycles. The molecule has 0 saturated heterocycles. The molecule has 0 aromatic heterocycles. The lowest BCUT2D eigenvalue weighted by atomic mass is 10.0. The van der Waals surface area contributed by atoms with E-state index in [9.17, 15) is 18.8 Å². The minimum absolute atomic E-state index is 0.0174. The highest BCUT2D eigenvalue weighted by molar-refractivity contribution is 6.00. The van der Waals surface area contributed by atoms with Gasteiger partial charge < -0.3 is 24.6 Å². The van der Waals surface area contributed by atoms with Crippen molar-refractivity contribution in [2.24, 2.45) is 5.92 Å². The number of carbonyl (C=O) groups excluding carboxylic acids is 3. The summed E-state index contributed by atoms with van der Waals surface area (Å²) in [6.45, 7) is 4.34. The quantitative estimate of drug-likeness (QED) is 0.490. The summed E-state index contributed by atoms with van der Waals surface area (Å²) in [6.07, 6.45) is -0.205. The van der Waals surface area contributed by atoms with E-state index in [4.69, 9.17) is 9.47 Å². The van der Waals surface area contributed by atoms with E-state index >= 15 is 0 Å². The third-order valence-corrected chi connectivity index (χ3v) is 7.30. The van der Waals surface area contributed by atoms with Crippen molar-refractivity contribution in [3.05, 3.63) is 95.3 Å². The largest absolute Gasteiger partial charge is 0.491 e. The molecule has 3 aromatic carbocycles. The van der Waals surface area contributed by atoms with Crippen LogP contribution in [0.15, 0.2) is 72.8 Å². The van der Waals surface area contributed by atoms with Crippen LogP contribution in [0.5, 0.6) is 5.75 Å². The zero-order valence-corrected chi connectivity index (χ0v) is 23.8. The summed E-state index contributed by atoms with van der Waals surface area (Å²) in [5, 5.41) is 2.87. The fourth-order valence-electron chi connectivity index (χ4n) is 4.91. The molecule has 4 rings (SSSR count). The average molecular weight is 562 g/mol. The molecule has 1 aliphatic heterocycles. The van der Waals surface area contributed by atoms with Crippen molar-refractivity contribution < 1.29 is 28.2 Å². The maximum Gasteiger partial charge on any atom is 0.257 e. The van der Waals surface area contributed by atoms with Crippen LogP contribution in [0.3, 0.4) is 0 Å². The molecular formula is C32H36FN3O5. The van der Waals surface area contributed by atoms with Crippen LogP contribution in [0.4, 0.5) is 10.1 Å². The lowest BCUT2D eigenvalue weighted by Crippen LogP contribution is -2.48. The van der Waals surface area contributed by atoms with Gasteiger partial charge in [0.15, 0.2) is 0 Å². The van der Waals surface area contributed by atoms with Gasteiger partial charge in [0.25, 0.3) is 11.8 Å². The van der Waals surface area contributed by atoms with E-state index in [0.717, 1.165) is 5.56 Å². The number of anilines is 1. The van der Waals surface area contributed by atoms with E-state index in [2.05, 4.69) is 5.32 Å². The second-order valence-corrected chi connectivity index (χ2v) is 10.5. The molecular weight excluding hydrogens is 525 g/mol. The molecule has 9 heteroatoms. The van der Waals surface area contributed by atoms with Crippen LogP contribution in [0, 0.1) is 11.7 Å². The second kappa shape index (κ2) is 13.4. The van der Waals surface area contributed by atoms with Crippen molar-refractivity contribution in [3.8, 4) is 5.75 Å². The number of hydrogen-bond donors (Lipinski definition) is 1. The number of benzene rings is 3. The maximum absolute atomic E-state index is 14.6. The van der Waals surface area contributed by atoms with Crippen molar-refractivity contribution in [2.45, 2.75) is 32.4 Å². The van der Waals surface area contributed by atoms with E-state index < -0.39 is 23.9 Å². The number of fused-ring (bicyclic) bond motifs is 1. The molecule has 1 aliphatic rings. The number of rotatable bonds is 5. The SMILES string of the molecule is CO[C@H]1CN(C)C(=O)c2cc(NC(=O)Cc3ccccc3)ccc2OC[C@H](C)N(C(=O)c2ccccc2F)C[C@H]1C. The molecule has 0 bridgehead atoms. The Morgan fingerprint density at radius 1 is 1.02 bits per heavy atom. The molecule has 3 atom stereocenters. The minimum Gasteiger partial charge on any atom is -0.491 e. The Labute approximate surface area is 240 Å². The standard InChI is InChI=1S/C32H36FN3O5/c1-21-18-36(32(39)25-12-8-9-13-27(25)33)22(2)20-41-28-15-14-24(34-30(37)16-23-10-6-5-7-11-23)17-26(28)31(38)35(3)19-29(21)40-4/h5-15,17,21-22,29H,16,18-20H2,1-4H3,(H,34,37)/t21-,22+,29+/m1/s1. The molecule has 3 aromatic rings. The molecule has 216 valence electrons. The highest BCUT2D eigenvalue weighted by atomic mass is 19.1. The van der Waals surface area contributed by atoms with Crippen LogP contribution in [-0.4, -0.2) is 73.5 Å². The molecule has 1 heterocycles. The lowest BCUT2D eigenvalue weighted by molar-refractivity contribution is -0.115. The molecule has 0 unspecified atom stereocenters. The number of carbonyl (C=O) groups is 3. The monoisotopic (exact) mass is 561 g/mol. The average Bonchev–Trinajstić information content (AvgIpc) is 2.97. The Bertz CT molecular complexity index is 1380. The van der Waals surface area contributed by atoms with E-state index in [-0.39, 0.29) is 55.0 Å². The third kappa shape index (κ3) is 7.29. The number of nitrogens with one attached hydrogen (secondary N) is 1. The van der Waals surface area contributed by atoms with Crippen molar-refractivity contribution in [2.75, 3.05) is 39.2 Å². The van der Waals surface area contributed by atoms with Gasteiger partial charge in [-0.15, -0.1) is 0 Å². The number of hydrogen-bond acceptors (Lipinski definition) is 5. The predicted molar refractivity (Wildman–Crippen MR) is 155 cm³/mol. The normalized spacial score (nSPS) is 19.8. The van der Waals surface area contributed by atoms with Crippen LogP contribution < -0.4 is 10.1 Å². The molecule has 0 fully saturated rings. The topological polar surface area (TPSA) is 88.2 Å². The highest BCUT2D eigenvalue weighted by Gasteiger charge is 2.31. The smallest absolute Gasteiger partial charge is 0.257 e. The van der Waals surface area contributed by atoms with Gasteiger partial charge in [-0.2, -0.15) is 0 Å². The van der Waals surface area contributed by atoms with Gasteiger partial charge in [-0.05, 0) is 42.8 Å². The highest BCUT2D eigenvalue weighted by Crippen LogP contribution is 2.27. The molecule has 8 nitrogen and oxygen atoms in total. The van der Waals surface area contributed by atoms with Crippen LogP contribution in [-0.2, 0) is 16.0 Å². The van der Waals surface area contributed by atoms with E-state index in [1.54, 1.807) is 49.4 Å². The summed E-state index contributed by atoms with van der Waals surface area (Å²) < 4.78 is 26.4. The zero-order chi connectivity index (χ0) is 29.5. The Morgan fingerprint density at radius 3 is 2.44 bits per heavy atom. The summed E-state index contributed by atoms with van der Waals surface area (Å²) in [5.41, 5.74) is 1.59. The number of halogens is 1. The van der Waals surface area contributed by atoms with Gasteiger partial charge in [-0.3, -0.25) is 14.4 Å². The summed E-state index contributed by atoms with van der Waals surface area (Å²) in [7, 11) is 3.23. The molecule has 0 aliphatic carbocycles. The third-order valence-electron chi connectivity index (χ3n) is 7.30. The first kappa shape index (κ1) is 29.7. The van der Waals surface area contributed by atoms with Crippen molar-refractivity contribution in [3.63, 3.8) is 0 Å². The van der Waals surface area contributed by atoms with E-state index in [0.29, 0.717) is 11.4 Å². The zero-order valence-electron chi connectivity index (χ0n) is 23.8. The van der Waals surface area contributed by atoms with Gasteiger partial charge in [0, 0.05) is 38.9 Å². The number of likely N-dealkylation sites (N-methyl/N-ethyl adjacent to an activating group) is 1. The van der Waals surface area contributed by atoms with Gasteiger partial charge in [0.2, 0.25) is 5.91 Å². The fourth-order valence-corrected chi connectivity index (χ4v) is 4.91. The summed E-state index contributed by atoms with van der Waals surface area (Å²) in [5.74, 6) is -1.41. The van der Waals surface area contributed by atoms with Gasteiger partial charge in [0.1, 0.15) is 18.2 Å². The summed E-state index contributed by atoms with van der Waals surface area (Å²) in [4.78, 5) is 42.9. The molecule has 0 spiro atoms. The lowest BCUT2D eigenvalue weighted by Gasteiger charge is -2.36. The van der Waals surface area contributed by atoms with Gasteiger partial charge in [-0.25, -0.2) is 4.39 Å². The van der Waals surface area contributed by atoms with Crippen molar-refractivity contribution in [1.82, 2.24) is 9.80 Å². The van der Waals surface area contributed by atoms with Crippen molar-refractivity contribution >= 4 is 23.4 Å². The first-order valence-corrected chi connectivity index (χ1v) is 13.6. The molecule has 0 radical (unpaired) electrons. The first-order chi connectivity index (χ1) is 19.7. The fraction of sp³-hybridized carbons (Fsp3) is 0.344. The number of amides is 3. The van der Waals surface area contributed by atoms with Gasteiger partial charge >= 0.3 is 0 Å². The first-order valence-electron chi connectivity index (χ1n) is 13.6. The minimum atomic E-state index is -0.592. The summed E-state index contributed by atoms with van der Waals surface area (Å²) >= 11 is 0. The second-order valence-electron chi connectivity index (χ2n) is 10.5. The number of nitrogens with zero attached hydrogens (tertiary/aromatic N) is 2. The molecule has 3 amide bonds. The van der Waals surface area contributed by atoms with E-state index in [1.807, 2.05) is 44.2 Å². The summed E-state index contributed by atoms with van der Waals surface area (Å²) in [6, 6.07) is 19.7. The Morgan fingerprint density at radius 2 is 1.73 bits per heavy atom. The van der Waals surface area contributed by atoms with Gasteiger partial charge in [0.05, 0.1) is 29.7 Å². The molecule has 41 heavy (non-hydrogen) atoms. The molecule has 1 N–H and O–H groups in total. The van der Waals surface area contributed by atoms with Crippen molar-refractivity contribution in [1.29, 1.82) is 0 Å². The Hall–Kier alpha value is -4.24.